The van der Waals surface area contributed by atoms with Crippen molar-refractivity contribution >= 4 is 0 Å². The second-order valence-electron chi connectivity index (χ2n) is 8.07. The van der Waals surface area contributed by atoms with E-state index in [9.17, 15) is 0 Å². The molecule has 0 aromatic heterocycles. The number of hydrogen-bond acceptors (Lipinski definition) is 2. The van der Waals surface area contributed by atoms with Crippen LogP contribution in [0.5, 0.6) is 5.75 Å². The van der Waals surface area contributed by atoms with Crippen LogP contribution in [0.2, 0.25) is 0 Å². The minimum atomic E-state index is 0.123. The van der Waals surface area contributed by atoms with Crippen molar-refractivity contribution in [1.29, 1.82) is 0 Å². The zero-order valence-corrected chi connectivity index (χ0v) is 16.6. The fourth-order valence-electron chi connectivity index (χ4n) is 3.18. The molecule has 0 fully saturated rings. The van der Waals surface area contributed by atoms with Crippen LogP contribution in [0.25, 0.3) is 0 Å². The van der Waals surface area contributed by atoms with Crippen molar-refractivity contribution in [3.05, 3.63) is 65.2 Å². The molecule has 2 aromatic rings. The van der Waals surface area contributed by atoms with Crippen molar-refractivity contribution in [2.45, 2.75) is 58.4 Å². The van der Waals surface area contributed by atoms with Crippen molar-refractivity contribution in [1.82, 2.24) is 5.32 Å². The molecule has 1 atom stereocenters. The van der Waals surface area contributed by atoms with Crippen molar-refractivity contribution in [2.24, 2.45) is 0 Å². The summed E-state index contributed by atoms with van der Waals surface area (Å²) in [7, 11) is 1.77. The van der Waals surface area contributed by atoms with E-state index in [1.165, 1.54) is 16.7 Å². The number of hydrogen-bond donors (Lipinski definition) is 1. The van der Waals surface area contributed by atoms with Gasteiger partial charge in [-0.15, -0.1) is 0 Å². The summed E-state index contributed by atoms with van der Waals surface area (Å²) < 4.78 is 5.72. The van der Waals surface area contributed by atoms with E-state index in [0.717, 1.165) is 18.7 Å². The highest BCUT2D eigenvalue weighted by molar-refractivity contribution is 5.46. The van der Waals surface area contributed by atoms with Gasteiger partial charge in [0.15, 0.2) is 0 Å². The first-order valence-electron chi connectivity index (χ1n) is 9.29. The molecule has 0 aliphatic carbocycles. The predicted octanol–water partition coefficient (Wildman–Crippen LogP) is 5.51. The molecule has 2 aromatic carbocycles. The SMILES string of the molecule is COc1ccc(C(C)(C)C)cc1C(CCNC(C)C)c1ccccc1. The number of benzene rings is 2. The molecule has 1 unspecified atom stereocenters. The van der Waals surface area contributed by atoms with Crippen LogP contribution in [0.15, 0.2) is 48.5 Å². The Bertz CT molecular complexity index is 656. The molecule has 136 valence electrons. The Morgan fingerprint density at radius 1 is 1.00 bits per heavy atom. The first kappa shape index (κ1) is 19.5. The molecule has 0 radical (unpaired) electrons. The Hall–Kier alpha value is -1.80. The van der Waals surface area contributed by atoms with Gasteiger partial charge in [-0.05, 0) is 35.6 Å². The van der Waals surface area contributed by atoms with Gasteiger partial charge in [-0.3, -0.25) is 0 Å². The molecule has 25 heavy (non-hydrogen) atoms. The van der Waals surface area contributed by atoms with E-state index in [1.807, 2.05) is 0 Å². The zero-order chi connectivity index (χ0) is 18.4. The minimum Gasteiger partial charge on any atom is -0.496 e. The quantitative estimate of drug-likeness (QED) is 0.718. The molecular weight excluding hydrogens is 306 g/mol. The number of ether oxygens (including phenoxy) is 1. The minimum absolute atomic E-state index is 0.123. The van der Waals surface area contributed by atoms with Crippen LogP contribution in [0.3, 0.4) is 0 Å². The maximum absolute atomic E-state index is 5.72. The Morgan fingerprint density at radius 3 is 2.24 bits per heavy atom. The maximum Gasteiger partial charge on any atom is 0.122 e. The van der Waals surface area contributed by atoms with Gasteiger partial charge in [-0.25, -0.2) is 0 Å². The second-order valence-corrected chi connectivity index (χ2v) is 8.07. The van der Waals surface area contributed by atoms with Crippen LogP contribution in [-0.2, 0) is 5.41 Å². The molecule has 0 amide bonds. The summed E-state index contributed by atoms with van der Waals surface area (Å²) in [6.45, 7) is 12.2. The molecule has 0 saturated heterocycles. The monoisotopic (exact) mass is 339 g/mol. The average molecular weight is 340 g/mol. The first-order chi connectivity index (χ1) is 11.8. The Balaban J connectivity index is 2.44. The fourth-order valence-corrected chi connectivity index (χ4v) is 3.18. The summed E-state index contributed by atoms with van der Waals surface area (Å²) in [6, 6.07) is 17.9. The zero-order valence-electron chi connectivity index (χ0n) is 16.6. The van der Waals surface area contributed by atoms with Crippen molar-refractivity contribution < 1.29 is 4.74 Å². The molecule has 2 heteroatoms. The summed E-state index contributed by atoms with van der Waals surface area (Å²) in [6.07, 6.45) is 1.05. The summed E-state index contributed by atoms with van der Waals surface area (Å²) in [4.78, 5) is 0. The molecule has 0 saturated carbocycles. The van der Waals surface area contributed by atoms with E-state index in [-0.39, 0.29) is 5.41 Å². The van der Waals surface area contributed by atoms with Gasteiger partial charge >= 0.3 is 0 Å². The average Bonchev–Trinajstić information content (AvgIpc) is 2.58. The van der Waals surface area contributed by atoms with Gasteiger partial charge in [0.1, 0.15) is 5.75 Å². The molecule has 1 N–H and O–H groups in total. The lowest BCUT2D eigenvalue weighted by Crippen LogP contribution is -2.25. The van der Waals surface area contributed by atoms with Crippen LogP contribution in [0, 0.1) is 0 Å². The highest BCUT2D eigenvalue weighted by Gasteiger charge is 2.22. The van der Waals surface area contributed by atoms with Crippen LogP contribution in [-0.4, -0.2) is 19.7 Å². The second kappa shape index (κ2) is 8.53. The normalized spacial score (nSPS) is 13.1. The third-order valence-corrected chi connectivity index (χ3v) is 4.66. The largest absolute Gasteiger partial charge is 0.496 e. The number of methoxy groups -OCH3 is 1. The van der Waals surface area contributed by atoms with Crippen LogP contribution in [0.4, 0.5) is 0 Å². The maximum atomic E-state index is 5.72. The van der Waals surface area contributed by atoms with Crippen LogP contribution in [0.1, 0.15) is 63.6 Å². The van der Waals surface area contributed by atoms with Crippen LogP contribution < -0.4 is 10.1 Å². The Labute approximate surface area is 153 Å². The van der Waals surface area contributed by atoms with Gasteiger partial charge in [0.2, 0.25) is 0 Å². The lowest BCUT2D eigenvalue weighted by Gasteiger charge is -2.25. The van der Waals surface area contributed by atoms with E-state index < -0.39 is 0 Å². The predicted molar refractivity (Wildman–Crippen MR) is 108 cm³/mol. The molecule has 2 nitrogen and oxygen atoms in total. The Kier molecular flexibility index (Phi) is 6.66. The molecule has 2 rings (SSSR count). The third kappa shape index (κ3) is 5.34. The molecule has 0 bridgehead atoms. The van der Waals surface area contributed by atoms with Crippen molar-refractivity contribution in [3.63, 3.8) is 0 Å². The van der Waals surface area contributed by atoms with E-state index in [0.29, 0.717) is 12.0 Å². The lowest BCUT2D eigenvalue weighted by atomic mass is 9.81. The van der Waals surface area contributed by atoms with Crippen molar-refractivity contribution in [3.8, 4) is 5.75 Å². The fraction of sp³-hybridized carbons (Fsp3) is 0.478. The van der Waals surface area contributed by atoms with Gasteiger partial charge in [0.05, 0.1) is 7.11 Å². The molecule has 0 aliphatic rings. The third-order valence-electron chi connectivity index (χ3n) is 4.66. The van der Waals surface area contributed by atoms with E-state index in [4.69, 9.17) is 4.74 Å². The van der Waals surface area contributed by atoms with Gasteiger partial charge in [0.25, 0.3) is 0 Å². The summed E-state index contributed by atoms with van der Waals surface area (Å²) in [5.74, 6) is 1.30. The van der Waals surface area contributed by atoms with Gasteiger partial charge < -0.3 is 10.1 Å². The van der Waals surface area contributed by atoms with Gasteiger partial charge in [-0.2, -0.15) is 0 Å². The molecular formula is C23H33NO. The highest BCUT2D eigenvalue weighted by Crippen LogP contribution is 2.37. The standard InChI is InChI=1S/C23H33NO/c1-17(2)24-15-14-20(18-10-8-7-9-11-18)21-16-19(23(3,4)5)12-13-22(21)25-6/h7-13,16-17,20,24H,14-15H2,1-6H3. The lowest BCUT2D eigenvalue weighted by molar-refractivity contribution is 0.405. The highest BCUT2D eigenvalue weighted by atomic mass is 16.5. The smallest absolute Gasteiger partial charge is 0.122 e. The topological polar surface area (TPSA) is 21.3 Å². The Morgan fingerprint density at radius 2 is 1.68 bits per heavy atom. The van der Waals surface area contributed by atoms with E-state index in [2.05, 4.69) is 88.5 Å². The molecule has 0 aliphatic heterocycles. The van der Waals surface area contributed by atoms with Gasteiger partial charge in [-0.1, -0.05) is 77.1 Å². The number of rotatable bonds is 7. The number of nitrogens with one attached hydrogen (secondary N) is 1. The summed E-state index contributed by atoms with van der Waals surface area (Å²) in [5, 5.41) is 3.56. The van der Waals surface area contributed by atoms with E-state index >= 15 is 0 Å². The van der Waals surface area contributed by atoms with E-state index in [1.54, 1.807) is 7.11 Å². The summed E-state index contributed by atoms with van der Waals surface area (Å²) in [5.41, 5.74) is 4.10. The summed E-state index contributed by atoms with van der Waals surface area (Å²) >= 11 is 0. The van der Waals surface area contributed by atoms with Gasteiger partial charge in [0, 0.05) is 17.5 Å². The molecule has 0 spiro atoms. The van der Waals surface area contributed by atoms with Crippen LogP contribution >= 0.6 is 0 Å². The first-order valence-corrected chi connectivity index (χ1v) is 9.29. The van der Waals surface area contributed by atoms with Crippen molar-refractivity contribution in [2.75, 3.05) is 13.7 Å². The molecule has 0 heterocycles.